The van der Waals surface area contributed by atoms with Crippen LogP contribution in [0.3, 0.4) is 0 Å². The summed E-state index contributed by atoms with van der Waals surface area (Å²) in [5.41, 5.74) is -0.382. The highest BCUT2D eigenvalue weighted by atomic mass is 16.7. The van der Waals surface area contributed by atoms with Crippen LogP contribution in [0.15, 0.2) is 0 Å². The van der Waals surface area contributed by atoms with Crippen molar-refractivity contribution in [3.8, 4) is 11.8 Å². The summed E-state index contributed by atoms with van der Waals surface area (Å²) < 4.78 is 12.5. The second kappa shape index (κ2) is 6.85. The SMILES string of the molecule is CC#CC[C@@H](O)[C@]1(C)[C@H](C)CC[C@@]2([C@H](C)CO)CCC3(OCCO3)[C@H]21. The number of hydrogen-bond acceptors (Lipinski definition) is 4. The predicted molar refractivity (Wildman–Crippen MR) is 96.6 cm³/mol. The Morgan fingerprint density at radius 1 is 1.20 bits per heavy atom. The molecule has 1 heterocycles. The van der Waals surface area contributed by atoms with Gasteiger partial charge in [-0.25, -0.2) is 0 Å². The summed E-state index contributed by atoms with van der Waals surface area (Å²) in [4.78, 5) is 0. The molecule has 0 radical (unpaired) electrons. The van der Waals surface area contributed by atoms with Gasteiger partial charge in [-0.1, -0.05) is 20.8 Å². The van der Waals surface area contributed by atoms with E-state index < -0.39 is 11.9 Å². The lowest BCUT2D eigenvalue weighted by molar-refractivity contribution is -0.266. The van der Waals surface area contributed by atoms with Crippen molar-refractivity contribution in [2.75, 3.05) is 19.8 Å². The Kier molecular flexibility index (Phi) is 5.25. The monoisotopic (exact) mass is 350 g/mol. The Labute approximate surface area is 152 Å². The smallest absolute Gasteiger partial charge is 0.172 e. The molecular weight excluding hydrogens is 316 g/mol. The van der Waals surface area contributed by atoms with Crippen molar-refractivity contribution in [3.05, 3.63) is 0 Å². The molecule has 142 valence electrons. The van der Waals surface area contributed by atoms with Gasteiger partial charge in [0.15, 0.2) is 5.79 Å². The maximum atomic E-state index is 11.2. The number of fused-ring (bicyclic) bond motifs is 2. The molecule has 3 aliphatic rings. The van der Waals surface area contributed by atoms with Gasteiger partial charge in [0.2, 0.25) is 0 Å². The number of ether oxygens (including phenoxy) is 2. The van der Waals surface area contributed by atoms with E-state index >= 15 is 0 Å². The Bertz CT molecular complexity index is 544. The van der Waals surface area contributed by atoms with Crippen LogP contribution in [-0.2, 0) is 9.47 Å². The highest BCUT2D eigenvalue weighted by Crippen LogP contribution is 2.69. The molecule has 1 saturated heterocycles. The third-order valence-electron chi connectivity index (χ3n) is 7.90. The lowest BCUT2D eigenvalue weighted by atomic mass is 9.47. The van der Waals surface area contributed by atoms with Crippen LogP contribution in [0.2, 0.25) is 0 Å². The van der Waals surface area contributed by atoms with Crippen molar-refractivity contribution in [2.45, 2.75) is 71.7 Å². The van der Waals surface area contributed by atoms with E-state index in [1.54, 1.807) is 0 Å². The van der Waals surface area contributed by atoms with Crippen LogP contribution in [0.25, 0.3) is 0 Å². The van der Waals surface area contributed by atoms with E-state index in [2.05, 4.69) is 32.6 Å². The molecule has 2 N–H and O–H groups in total. The van der Waals surface area contributed by atoms with Crippen molar-refractivity contribution >= 4 is 0 Å². The minimum Gasteiger partial charge on any atom is -0.396 e. The topological polar surface area (TPSA) is 58.9 Å². The molecule has 0 aromatic heterocycles. The second-order valence-corrected chi connectivity index (χ2v) is 8.71. The van der Waals surface area contributed by atoms with Crippen LogP contribution >= 0.6 is 0 Å². The molecule has 25 heavy (non-hydrogen) atoms. The van der Waals surface area contributed by atoms with E-state index in [1.807, 2.05) is 6.92 Å². The Morgan fingerprint density at radius 2 is 1.88 bits per heavy atom. The summed E-state index contributed by atoms with van der Waals surface area (Å²) in [6.45, 7) is 9.83. The minimum atomic E-state index is -0.604. The van der Waals surface area contributed by atoms with Gasteiger partial charge in [-0.05, 0) is 43.4 Å². The van der Waals surface area contributed by atoms with Crippen molar-refractivity contribution in [3.63, 3.8) is 0 Å². The van der Waals surface area contributed by atoms with Crippen molar-refractivity contribution in [1.29, 1.82) is 0 Å². The van der Waals surface area contributed by atoms with E-state index in [4.69, 9.17) is 9.47 Å². The first-order chi connectivity index (χ1) is 11.9. The summed E-state index contributed by atoms with van der Waals surface area (Å²) in [5.74, 6) is 5.99. The van der Waals surface area contributed by atoms with Gasteiger partial charge in [0.05, 0.1) is 19.3 Å². The number of hydrogen-bond donors (Lipinski definition) is 2. The van der Waals surface area contributed by atoms with Gasteiger partial charge in [0.1, 0.15) is 0 Å². The summed E-state index contributed by atoms with van der Waals surface area (Å²) in [6, 6.07) is 0. The molecule has 0 aromatic rings. The molecule has 2 aliphatic carbocycles. The third-order valence-corrected chi connectivity index (χ3v) is 7.90. The highest BCUT2D eigenvalue weighted by molar-refractivity contribution is 5.17. The Balaban J connectivity index is 2.09. The van der Waals surface area contributed by atoms with Gasteiger partial charge in [-0.2, -0.15) is 0 Å². The third kappa shape index (κ3) is 2.67. The van der Waals surface area contributed by atoms with Gasteiger partial charge < -0.3 is 19.7 Å². The van der Waals surface area contributed by atoms with Crippen LogP contribution in [0, 0.1) is 40.4 Å². The lowest BCUT2D eigenvalue weighted by Crippen LogP contribution is -2.61. The number of aliphatic hydroxyl groups excluding tert-OH is 2. The average Bonchev–Trinajstić information content (AvgIpc) is 3.22. The minimum absolute atomic E-state index is 0.0407. The molecule has 6 atom stereocenters. The van der Waals surface area contributed by atoms with Gasteiger partial charge >= 0.3 is 0 Å². The van der Waals surface area contributed by atoms with Crippen LogP contribution in [0.1, 0.15) is 59.8 Å². The Morgan fingerprint density at radius 3 is 2.48 bits per heavy atom. The fraction of sp³-hybridized carbons (Fsp3) is 0.905. The molecule has 0 aromatic carbocycles. The molecule has 1 spiro atoms. The predicted octanol–water partition coefficient (Wildman–Crippen LogP) is 2.96. The standard InChI is InChI=1S/C21H34O4/c1-5-6-7-17(23)19(4)15(2)8-9-20(16(3)14-22)10-11-21(18(19)20)24-12-13-25-21/h15-18,22-23H,7-14H2,1-4H3/t15-,16-,17-,18+,19+,20+/m1/s1. The molecule has 4 nitrogen and oxygen atoms in total. The molecule has 2 saturated carbocycles. The fourth-order valence-corrected chi connectivity index (χ4v) is 6.26. The Hall–Kier alpha value is -0.600. The molecule has 4 heteroatoms. The van der Waals surface area contributed by atoms with Gasteiger partial charge in [-0.15, -0.1) is 11.8 Å². The summed E-state index contributed by atoms with van der Waals surface area (Å²) in [5, 5.41) is 21.2. The van der Waals surface area contributed by atoms with Gasteiger partial charge in [0.25, 0.3) is 0 Å². The van der Waals surface area contributed by atoms with E-state index in [0.717, 1.165) is 25.7 Å². The molecular formula is C21H34O4. The zero-order chi connectivity index (χ0) is 18.3. The quantitative estimate of drug-likeness (QED) is 0.766. The van der Waals surface area contributed by atoms with Crippen LogP contribution < -0.4 is 0 Å². The average molecular weight is 350 g/mol. The summed E-state index contributed by atoms with van der Waals surface area (Å²) in [7, 11) is 0. The summed E-state index contributed by atoms with van der Waals surface area (Å²) >= 11 is 0. The van der Waals surface area contributed by atoms with Gasteiger partial charge in [-0.3, -0.25) is 0 Å². The molecule has 0 bridgehead atoms. The molecule has 0 amide bonds. The first-order valence-corrected chi connectivity index (χ1v) is 9.84. The molecule has 1 aliphatic heterocycles. The van der Waals surface area contributed by atoms with Crippen LogP contribution in [0.5, 0.6) is 0 Å². The van der Waals surface area contributed by atoms with E-state index in [1.165, 1.54) is 0 Å². The first-order valence-electron chi connectivity index (χ1n) is 9.84. The first kappa shape index (κ1) is 19.2. The molecule has 0 unspecified atom stereocenters. The van der Waals surface area contributed by atoms with Crippen molar-refractivity contribution in [2.24, 2.45) is 28.6 Å². The van der Waals surface area contributed by atoms with Crippen LogP contribution in [-0.4, -0.2) is 41.9 Å². The van der Waals surface area contributed by atoms with E-state index in [9.17, 15) is 10.2 Å². The number of rotatable bonds is 4. The second-order valence-electron chi connectivity index (χ2n) is 8.71. The molecule has 3 fully saturated rings. The fourth-order valence-electron chi connectivity index (χ4n) is 6.26. The van der Waals surface area contributed by atoms with E-state index in [0.29, 0.717) is 25.6 Å². The maximum absolute atomic E-state index is 11.2. The maximum Gasteiger partial charge on any atom is 0.172 e. The van der Waals surface area contributed by atoms with Crippen LogP contribution in [0.4, 0.5) is 0 Å². The normalized spacial score (nSPS) is 41.8. The highest BCUT2D eigenvalue weighted by Gasteiger charge is 2.70. The van der Waals surface area contributed by atoms with E-state index in [-0.39, 0.29) is 29.3 Å². The zero-order valence-corrected chi connectivity index (χ0v) is 16.2. The number of aliphatic hydroxyl groups is 2. The van der Waals surface area contributed by atoms with Gasteiger partial charge in [0, 0.05) is 30.8 Å². The van der Waals surface area contributed by atoms with Crippen molar-refractivity contribution in [1.82, 2.24) is 0 Å². The summed E-state index contributed by atoms with van der Waals surface area (Å²) in [6.07, 6.45) is 3.94. The molecule has 3 rings (SSSR count). The lowest BCUT2D eigenvalue weighted by Gasteiger charge is -2.60. The largest absolute Gasteiger partial charge is 0.396 e. The van der Waals surface area contributed by atoms with Crippen molar-refractivity contribution < 1.29 is 19.7 Å². The zero-order valence-electron chi connectivity index (χ0n) is 16.2.